The van der Waals surface area contributed by atoms with E-state index in [4.69, 9.17) is 9.47 Å². The Hall–Kier alpha value is -1.52. The number of carbonyl (C=O) groups is 1. The monoisotopic (exact) mass is 285 g/mol. The molecule has 0 amide bonds. The Bertz CT molecular complexity index is 458. The summed E-state index contributed by atoms with van der Waals surface area (Å²) in [7, 11) is 6.88. The van der Waals surface area contributed by atoms with E-state index in [0.29, 0.717) is 29.2 Å². The molecule has 0 saturated heterocycles. The second-order valence-corrected chi connectivity index (χ2v) is 4.24. The molecule has 0 atom stereocenters. The maximum atomic E-state index is 12.2. The van der Waals surface area contributed by atoms with E-state index in [1.807, 2.05) is 19.0 Å². The summed E-state index contributed by atoms with van der Waals surface area (Å²) in [5.74, 6) is 1.05. The van der Waals surface area contributed by atoms with Crippen molar-refractivity contribution < 1.29 is 14.3 Å². The third-order valence-electron chi connectivity index (χ3n) is 2.48. The van der Waals surface area contributed by atoms with Gasteiger partial charge in [0, 0.05) is 18.2 Å². The number of carbonyl (C=O) groups excluding carboxylic acids is 1. The van der Waals surface area contributed by atoms with Gasteiger partial charge in [-0.3, -0.25) is 4.79 Å². The molecule has 19 heavy (non-hydrogen) atoms. The first kappa shape index (κ1) is 17.5. The van der Waals surface area contributed by atoms with Gasteiger partial charge >= 0.3 is 0 Å². The Labute approximate surface area is 120 Å². The fourth-order valence-corrected chi connectivity index (χ4v) is 1.63. The van der Waals surface area contributed by atoms with Crippen LogP contribution < -0.4 is 9.47 Å². The highest BCUT2D eigenvalue weighted by Gasteiger charge is 2.16. The van der Waals surface area contributed by atoms with Gasteiger partial charge in [0.05, 0.1) is 19.8 Å². The lowest BCUT2D eigenvalue weighted by Crippen LogP contribution is -2.19. The van der Waals surface area contributed by atoms with Crippen LogP contribution in [0.3, 0.4) is 0 Å². The Morgan fingerprint density at radius 2 is 1.89 bits per heavy atom. The second-order valence-electron chi connectivity index (χ2n) is 4.24. The van der Waals surface area contributed by atoms with E-state index in [0.717, 1.165) is 0 Å². The molecule has 0 aliphatic carbocycles. The van der Waals surface area contributed by atoms with Crippen LogP contribution in [0.15, 0.2) is 30.4 Å². The molecule has 5 heteroatoms. The summed E-state index contributed by atoms with van der Waals surface area (Å²) in [6.45, 7) is 4.33. The highest BCUT2D eigenvalue weighted by molar-refractivity contribution is 6.10. The first-order chi connectivity index (χ1) is 8.49. The number of nitrogens with zero attached hydrogens (tertiary/aromatic N) is 1. The number of likely N-dealkylation sites (N-methyl/N-ethyl adjacent to an activating group) is 1. The maximum Gasteiger partial charge on any atom is 0.193 e. The molecule has 106 valence electrons. The van der Waals surface area contributed by atoms with Gasteiger partial charge in [-0.05, 0) is 26.2 Å². The van der Waals surface area contributed by atoms with Crippen LogP contribution >= 0.6 is 12.4 Å². The molecule has 0 N–H and O–H groups in total. The summed E-state index contributed by atoms with van der Waals surface area (Å²) in [4.78, 5) is 14.1. The molecule has 0 radical (unpaired) electrons. The minimum Gasteiger partial charge on any atom is -0.497 e. The summed E-state index contributed by atoms with van der Waals surface area (Å²) < 4.78 is 10.3. The summed E-state index contributed by atoms with van der Waals surface area (Å²) in [6.07, 6.45) is 0. The van der Waals surface area contributed by atoms with E-state index in [1.165, 1.54) is 7.11 Å². The van der Waals surface area contributed by atoms with Crippen molar-refractivity contribution in [1.82, 2.24) is 4.90 Å². The van der Waals surface area contributed by atoms with Crippen molar-refractivity contribution in [2.24, 2.45) is 0 Å². The van der Waals surface area contributed by atoms with Gasteiger partial charge < -0.3 is 14.4 Å². The van der Waals surface area contributed by atoms with Crippen molar-refractivity contribution >= 4 is 18.2 Å². The van der Waals surface area contributed by atoms with E-state index >= 15 is 0 Å². The smallest absolute Gasteiger partial charge is 0.193 e. The van der Waals surface area contributed by atoms with E-state index < -0.39 is 0 Å². The lowest BCUT2D eigenvalue weighted by atomic mass is 10.0. The predicted molar refractivity (Wildman–Crippen MR) is 78.8 cm³/mol. The number of hydrogen-bond acceptors (Lipinski definition) is 4. The first-order valence-corrected chi connectivity index (χ1v) is 5.58. The minimum atomic E-state index is -0.108. The summed E-state index contributed by atoms with van der Waals surface area (Å²) in [6, 6.07) is 5.12. The largest absolute Gasteiger partial charge is 0.497 e. The van der Waals surface area contributed by atoms with Crippen LogP contribution in [0.5, 0.6) is 11.5 Å². The lowest BCUT2D eigenvalue weighted by molar-refractivity contribution is 0.102. The molecule has 0 fully saturated rings. The van der Waals surface area contributed by atoms with Crippen molar-refractivity contribution in [2.45, 2.75) is 0 Å². The molecule has 4 nitrogen and oxygen atoms in total. The average molecular weight is 286 g/mol. The highest BCUT2D eigenvalue weighted by atomic mass is 35.5. The third-order valence-corrected chi connectivity index (χ3v) is 2.48. The molecule has 0 aliphatic rings. The molecule has 0 spiro atoms. The van der Waals surface area contributed by atoms with E-state index in [-0.39, 0.29) is 18.2 Å². The molecule has 0 aliphatic heterocycles. The van der Waals surface area contributed by atoms with Crippen LogP contribution in [0.4, 0.5) is 0 Å². The zero-order chi connectivity index (χ0) is 13.7. The van der Waals surface area contributed by atoms with Crippen LogP contribution in [-0.4, -0.2) is 45.5 Å². The van der Waals surface area contributed by atoms with E-state index in [1.54, 1.807) is 25.3 Å². The number of halogens is 1. The molecular formula is C14H20ClNO3. The van der Waals surface area contributed by atoms with Gasteiger partial charge in [-0.1, -0.05) is 6.58 Å². The Kier molecular flexibility index (Phi) is 7.19. The number of Topliss-reactive ketones (excluding diaryl/α,β-unsaturated/α-hetero) is 1. The van der Waals surface area contributed by atoms with Gasteiger partial charge in [-0.15, -0.1) is 12.4 Å². The normalized spacial score (nSPS) is 9.74. The highest BCUT2D eigenvalue weighted by Crippen LogP contribution is 2.26. The van der Waals surface area contributed by atoms with Gasteiger partial charge in [0.25, 0.3) is 0 Å². The number of rotatable bonds is 6. The van der Waals surface area contributed by atoms with Gasteiger partial charge in [-0.25, -0.2) is 0 Å². The number of ether oxygens (including phenoxy) is 2. The molecule has 1 aromatic rings. The summed E-state index contributed by atoms with van der Waals surface area (Å²) >= 11 is 0. The van der Waals surface area contributed by atoms with Crippen LogP contribution in [0.25, 0.3) is 0 Å². The molecule has 0 heterocycles. The molecule has 1 aromatic carbocycles. The van der Waals surface area contributed by atoms with Crippen LogP contribution in [-0.2, 0) is 0 Å². The van der Waals surface area contributed by atoms with Gasteiger partial charge in [0.2, 0.25) is 0 Å². The Morgan fingerprint density at radius 1 is 1.26 bits per heavy atom. The van der Waals surface area contributed by atoms with Crippen LogP contribution in [0, 0.1) is 0 Å². The summed E-state index contributed by atoms with van der Waals surface area (Å²) in [5.41, 5.74) is 1.04. The predicted octanol–water partition coefficient (Wildman–Crippen LogP) is 2.43. The number of benzene rings is 1. The Balaban J connectivity index is 0.00000324. The molecule has 0 bridgehead atoms. The van der Waals surface area contributed by atoms with Crippen molar-refractivity contribution in [3.8, 4) is 11.5 Å². The van der Waals surface area contributed by atoms with Crippen molar-refractivity contribution in [3.63, 3.8) is 0 Å². The fraction of sp³-hybridized carbons (Fsp3) is 0.357. The molecule has 0 unspecified atom stereocenters. The first-order valence-electron chi connectivity index (χ1n) is 5.58. The van der Waals surface area contributed by atoms with Gasteiger partial charge in [0.15, 0.2) is 5.78 Å². The number of methoxy groups -OCH3 is 2. The van der Waals surface area contributed by atoms with Crippen molar-refractivity contribution in [3.05, 3.63) is 35.9 Å². The maximum absolute atomic E-state index is 12.2. The Morgan fingerprint density at radius 3 is 2.37 bits per heavy atom. The zero-order valence-electron chi connectivity index (χ0n) is 11.7. The van der Waals surface area contributed by atoms with E-state index in [2.05, 4.69) is 6.58 Å². The molecule has 0 saturated carbocycles. The topological polar surface area (TPSA) is 38.8 Å². The SMILES string of the molecule is C=C(CN(C)C)C(=O)c1ccc(OC)cc1OC.Cl. The standard InChI is InChI=1S/C14H19NO3.ClH/c1-10(9-15(2)3)14(16)12-7-6-11(17-4)8-13(12)18-5;/h6-8H,1,9H2,2-5H3;1H. The lowest BCUT2D eigenvalue weighted by Gasteiger charge is -2.13. The number of ketones is 1. The van der Waals surface area contributed by atoms with Crippen molar-refractivity contribution in [2.75, 3.05) is 34.9 Å². The number of hydrogen-bond donors (Lipinski definition) is 0. The minimum absolute atomic E-state index is 0. The van der Waals surface area contributed by atoms with Gasteiger partial charge in [0.1, 0.15) is 11.5 Å². The third kappa shape index (κ3) is 4.58. The fourth-order valence-electron chi connectivity index (χ4n) is 1.63. The van der Waals surface area contributed by atoms with Crippen molar-refractivity contribution in [1.29, 1.82) is 0 Å². The van der Waals surface area contributed by atoms with Crippen LogP contribution in [0.1, 0.15) is 10.4 Å². The van der Waals surface area contributed by atoms with E-state index in [9.17, 15) is 4.79 Å². The van der Waals surface area contributed by atoms with Gasteiger partial charge in [-0.2, -0.15) is 0 Å². The molecular weight excluding hydrogens is 266 g/mol. The molecule has 1 rings (SSSR count). The average Bonchev–Trinajstić information content (AvgIpc) is 2.36. The quantitative estimate of drug-likeness (QED) is 0.594. The summed E-state index contributed by atoms with van der Waals surface area (Å²) in [5, 5.41) is 0. The zero-order valence-corrected chi connectivity index (χ0v) is 12.5. The molecule has 0 aromatic heterocycles. The second kappa shape index (κ2) is 7.81. The van der Waals surface area contributed by atoms with Crippen LogP contribution in [0.2, 0.25) is 0 Å².